The van der Waals surface area contributed by atoms with Crippen LogP contribution in [0.2, 0.25) is 0 Å². The highest BCUT2D eigenvalue weighted by molar-refractivity contribution is 5.89. The van der Waals surface area contributed by atoms with Gasteiger partial charge in [0.1, 0.15) is 0 Å². The van der Waals surface area contributed by atoms with Crippen molar-refractivity contribution < 1.29 is 19.4 Å². The van der Waals surface area contributed by atoms with Crippen LogP contribution in [0.25, 0.3) is 0 Å². The molecule has 0 heterocycles. The molecule has 1 amide bonds. The van der Waals surface area contributed by atoms with E-state index in [9.17, 15) is 9.59 Å². The molecule has 0 aliphatic heterocycles. The molecule has 1 aliphatic carbocycles. The van der Waals surface area contributed by atoms with E-state index in [4.69, 9.17) is 9.84 Å². The lowest BCUT2D eigenvalue weighted by molar-refractivity contribution is -0.148. The molecular formula is C18H25NO4. The number of aryl methyl sites for hydroxylation is 1. The molecule has 0 saturated heterocycles. The predicted molar refractivity (Wildman–Crippen MR) is 87.4 cm³/mol. The summed E-state index contributed by atoms with van der Waals surface area (Å²) in [6.07, 6.45) is 3.74. The Kier molecular flexibility index (Phi) is 5.77. The van der Waals surface area contributed by atoms with Gasteiger partial charge < -0.3 is 15.2 Å². The molecular weight excluding hydrogens is 294 g/mol. The summed E-state index contributed by atoms with van der Waals surface area (Å²) in [6.45, 7) is 2.01. The second-order valence-corrected chi connectivity index (χ2v) is 6.23. The molecule has 126 valence electrons. The SMILES string of the molecule is COC(CNC(=O)C1(c2ccccc2C)CCCCC1)C(=O)O. The Morgan fingerprint density at radius 1 is 1.26 bits per heavy atom. The largest absolute Gasteiger partial charge is 0.479 e. The molecule has 1 atom stereocenters. The maximum absolute atomic E-state index is 13.0. The lowest BCUT2D eigenvalue weighted by Crippen LogP contribution is -2.49. The molecule has 0 radical (unpaired) electrons. The van der Waals surface area contributed by atoms with Crippen LogP contribution in [-0.4, -0.2) is 36.7 Å². The highest BCUT2D eigenvalue weighted by Crippen LogP contribution is 2.41. The zero-order chi connectivity index (χ0) is 16.9. The third-order valence-electron chi connectivity index (χ3n) is 4.81. The van der Waals surface area contributed by atoms with E-state index < -0.39 is 17.5 Å². The zero-order valence-corrected chi connectivity index (χ0v) is 13.8. The van der Waals surface area contributed by atoms with Crippen molar-refractivity contribution in [2.45, 2.75) is 50.5 Å². The fourth-order valence-corrected chi connectivity index (χ4v) is 3.51. The van der Waals surface area contributed by atoms with Crippen molar-refractivity contribution in [2.24, 2.45) is 0 Å². The van der Waals surface area contributed by atoms with Gasteiger partial charge in [0, 0.05) is 7.11 Å². The van der Waals surface area contributed by atoms with Crippen LogP contribution in [0.15, 0.2) is 24.3 Å². The van der Waals surface area contributed by atoms with E-state index in [2.05, 4.69) is 5.32 Å². The van der Waals surface area contributed by atoms with E-state index in [1.54, 1.807) is 0 Å². The summed E-state index contributed by atoms with van der Waals surface area (Å²) in [5.41, 5.74) is 1.60. The minimum atomic E-state index is -1.07. The van der Waals surface area contributed by atoms with Gasteiger partial charge in [-0.3, -0.25) is 4.79 Å². The second-order valence-electron chi connectivity index (χ2n) is 6.23. The maximum atomic E-state index is 13.0. The average molecular weight is 319 g/mol. The maximum Gasteiger partial charge on any atom is 0.334 e. The normalized spacial score (nSPS) is 18.2. The number of hydrogen-bond donors (Lipinski definition) is 2. The Hall–Kier alpha value is -1.88. The number of nitrogens with one attached hydrogen (secondary N) is 1. The lowest BCUT2D eigenvalue weighted by Gasteiger charge is -2.37. The van der Waals surface area contributed by atoms with Crippen LogP contribution in [0.1, 0.15) is 43.2 Å². The Bertz CT molecular complexity index is 564. The van der Waals surface area contributed by atoms with E-state index in [-0.39, 0.29) is 12.5 Å². The van der Waals surface area contributed by atoms with Gasteiger partial charge in [-0.2, -0.15) is 0 Å². The minimum Gasteiger partial charge on any atom is -0.479 e. The standard InChI is InChI=1S/C18H25NO4/c1-13-8-4-5-9-14(13)18(10-6-3-7-11-18)17(22)19-12-15(23-2)16(20)21/h4-5,8-9,15H,3,6-7,10-12H2,1-2H3,(H,19,22)(H,20,21). The summed E-state index contributed by atoms with van der Waals surface area (Å²) in [5, 5.41) is 11.9. The number of benzene rings is 1. The van der Waals surface area contributed by atoms with Crippen LogP contribution in [0, 0.1) is 6.92 Å². The number of methoxy groups -OCH3 is 1. The fourth-order valence-electron chi connectivity index (χ4n) is 3.51. The predicted octanol–water partition coefficient (Wildman–Crippen LogP) is 2.41. The molecule has 0 spiro atoms. The van der Waals surface area contributed by atoms with Crippen LogP contribution in [0.3, 0.4) is 0 Å². The number of carbonyl (C=O) groups is 2. The summed E-state index contributed by atoms with van der Waals surface area (Å²) >= 11 is 0. The smallest absolute Gasteiger partial charge is 0.334 e. The summed E-state index contributed by atoms with van der Waals surface area (Å²) < 4.78 is 4.90. The first kappa shape index (κ1) is 17.5. The topological polar surface area (TPSA) is 75.6 Å². The molecule has 2 rings (SSSR count). The van der Waals surface area contributed by atoms with Crippen molar-refractivity contribution in [2.75, 3.05) is 13.7 Å². The van der Waals surface area contributed by atoms with Gasteiger partial charge in [-0.05, 0) is 30.9 Å². The molecule has 0 aromatic heterocycles. The summed E-state index contributed by atoms with van der Waals surface area (Å²) in [5.74, 6) is -1.16. The van der Waals surface area contributed by atoms with Crippen molar-refractivity contribution in [3.8, 4) is 0 Å². The van der Waals surface area contributed by atoms with Crippen molar-refractivity contribution in [1.29, 1.82) is 0 Å². The number of ether oxygens (including phenoxy) is 1. The van der Waals surface area contributed by atoms with Crippen molar-refractivity contribution >= 4 is 11.9 Å². The van der Waals surface area contributed by atoms with E-state index in [0.717, 1.165) is 43.2 Å². The van der Waals surface area contributed by atoms with Crippen molar-refractivity contribution in [1.82, 2.24) is 5.32 Å². The number of carbonyl (C=O) groups excluding carboxylic acids is 1. The highest BCUT2D eigenvalue weighted by atomic mass is 16.5. The van der Waals surface area contributed by atoms with E-state index in [1.807, 2.05) is 31.2 Å². The van der Waals surface area contributed by atoms with Gasteiger partial charge in [-0.1, -0.05) is 43.5 Å². The number of hydrogen-bond acceptors (Lipinski definition) is 3. The first-order valence-electron chi connectivity index (χ1n) is 8.11. The van der Waals surface area contributed by atoms with Crippen LogP contribution >= 0.6 is 0 Å². The molecule has 1 aliphatic rings. The third-order valence-corrected chi connectivity index (χ3v) is 4.81. The average Bonchev–Trinajstić information content (AvgIpc) is 2.56. The molecule has 23 heavy (non-hydrogen) atoms. The van der Waals surface area contributed by atoms with Gasteiger partial charge in [0.15, 0.2) is 6.10 Å². The van der Waals surface area contributed by atoms with Crippen molar-refractivity contribution in [3.05, 3.63) is 35.4 Å². The summed E-state index contributed by atoms with van der Waals surface area (Å²) in [4.78, 5) is 24.0. The number of aliphatic carboxylic acids is 1. The monoisotopic (exact) mass is 319 g/mol. The van der Waals surface area contributed by atoms with E-state index in [0.29, 0.717) is 0 Å². The molecule has 1 aromatic carbocycles. The summed E-state index contributed by atoms with van der Waals surface area (Å²) in [6, 6.07) is 7.97. The van der Waals surface area contributed by atoms with Gasteiger partial charge in [-0.25, -0.2) is 4.79 Å². The van der Waals surface area contributed by atoms with E-state index >= 15 is 0 Å². The Labute approximate surface area is 137 Å². The molecule has 0 bridgehead atoms. The zero-order valence-electron chi connectivity index (χ0n) is 13.8. The highest BCUT2D eigenvalue weighted by Gasteiger charge is 2.42. The van der Waals surface area contributed by atoms with Gasteiger partial charge in [0.25, 0.3) is 0 Å². The first-order valence-corrected chi connectivity index (χ1v) is 8.11. The van der Waals surface area contributed by atoms with Gasteiger partial charge >= 0.3 is 5.97 Å². The molecule has 5 nitrogen and oxygen atoms in total. The quantitative estimate of drug-likeness (QED) is 0.844. The molecule has 1 unspecified atom stereocenters. The van der Waals surface area contributed by atoms with Crippen LogP contribution < -0.4 is 5.32 Å². The molecule has 1 aromatic rings. The Morgan fingerprint density at radius 2 is 1.91 bits per heavy atom. The van der Waals surface area contributed by atoms with Crippen LogP contribution in [0.4, 0.5) is 0 Å². The van der Waals surface area contributed by atoms with Crippen LogP contribution in [-0.2, 0) is 19.7 Å². The Morgan fingerprint density at radius 3 is 2.48 bits per heavy atom. The van der Waals surface area contributed by atoms with Crippen LogP contribution in [0.5, 0.6) is 0 Å². The number of rotatable bonds is 6. The van der Waals surface area contributed by atoms with Gasteiger partial charge in [0.2, 0.25) is 5.91 Å². The number of amides is 1. The third kappa shape index (κ3) is 3.72. The Balaban J connectivity index is 2.23. The molecule has 1 fully saturated rings. The lowest BCUT2D eigenvalue weighted by atomic mass is 9.67. The van der Waals surface area contributed by atoms with E-state index in [1.165, 1.54) is 7.11 Å². The number of carboxylic acid groups (broad SMARTS) is 1. The summed E-state index contributed by atoms with van der Waals surface area (Å²) in [7, 11) is 1.34. The van der Waals surface area contributed by atoms with Crippen molar-refractivity contribution in [3.63, 3.8) is 0 Å². The molecule has 1 saturated carbocycles. The van der Waals surface area contributed by atoms with Gasteiger partial charge in [-0.15, -0.1) is 0 Å². The van der Waals surface area contributed by atoms with Gasteiger partial charge in [0.05, 0.1) is 12.0 Å². The molecule has 5 heteroatoms. The second kappa shape index (κ2) is 7.59. The minimum absolute atomic E-state index is 0.0156. The first-order chi connectivity index (χ1) is 11.0. The number of carboxylic acids is 1. The molecule has 2 N–H and O–H groups in total. The fraction of sp³-hybridized carbons (Fsp3) is 0.556.